The van der Waals surface area contributed by atoms with E-state index < -0.39 is 0 Å². The Morgan fingerprint density at radius 1 is 1.53 bits per heavy atom. The van der Waals surface area contributed by atoms with Crippen LogP contribution in [0.3, 0.4) is 0 Å². The summed E-state index contributed by atoms with van der Waals surface area (Å²) in [6, 6.07) is 0. The minimum absolute atomic E-state index is 0.136. The average molecular weight is 204 g/mol. The van der Waals surface area contributed by atoms with E-state index in [1.54, 1.807) is 25.8 Å². The molecule has 0 aliphatic heterocycles. The molecule has 0 saturated carbocycles. The number of hydrogen-bond donors (Lipinski definition) is 1. The maximum Gasteiger partial charge on any atom is 0.254 e. The number of carbonyl (C=O) groups is 1. The van der Waals surface area contributed by atoms with Gasteiger partial charge in [0.15, 0.2) is 0 Å². The normalized spacial score (nSPS) is 10.5. The lowest BCUT2D eigenvalue weighted by Crippen LogP contribution is -2.19. The minimum atomic E-state index is -0.136. The zero-order valence-electron chi connectivity index (χ0n) is 8.69. The van der Waals surface area contributed by atoms with Gasteiger partial charge in [-0.1, -0.05) is 0 Å². The lowest BCUT2D eigenvalue weighted by molar-refractivity contribution is 0.0964. The molecule has 0 aliphatic rings. The van der Waals surface area contributed by atoms with E-state index in [1.807, 2.05) is 11.5 Å². The number of carbonyl (C=O) groups excluding carboxylic acids is 1. The summed E-state index contributed by atoms with van der Waals surface area (Å²) in [5.41, 5.74) is 2.15. The van der Waals surface area contributed by atoms with E-state index in [4.69, 9.17) is 0 Å². The summed E-state index contributed by atoms with van der Waals surface area (Å²) in [6.45, 7) is 2.79. The maximum atomic E-state index is 11.6. The molecule has 1 N–H and O–H groups in total. The van der Waals surface area contributed by atoms with Crippen molar-refractivity contribution in [3.8, 4) is 0 Å². The number of aromatic nitrogens is 3. The molecule has 2 aromatic rings. The third-order valence-electron chi connectivity index (χ3n) is 2.33. The molecule has 0 unspecified atom stereocenters. The number of hydrogen-bond acceptors (Lipinski definition) is 3. The fourth-order valence-electron chi connectivity index (χ4n) is 1.57. The molecule has 1 amide bonds. The molecule has 5 nitrogen and oxygen atoms in total. The largest absolute Gasteiger partial charge is 0.355 e. The number of nitrogens with one attached hydrogen (secondary N) is 1. The SMILES string of the molecule is CCn1cnc2cncc(C(=O)NC)c21. The van der Waals surface area contributed by atoms with E-state index >= 15 is 0 Å². The van der Waals surface area contributed by atoms with Gasteiger partial charge in [-0.15, -0.1) is 0 Å². The monoisotopic (exact) mass is 204 g/mol. The fourth-order valence-corrected chi connectivity index (χ4v) is 1.57. The van der Waals surface area contributed by atoms with Crippen molar-refractivity contribution in [1.82, 2.24) is 19.9 Å². The average Bonchev–Trinajstić information content (AvgIpc) is 2.70. The van der Waals surface area contributed by atoms with Crippen LogP contribution < -0.4 is 5.32 Å². The molecule has 0 spiro atoms. The van der Waals surface area contributed by atoms with Crippen LogP contribution >= 0.6 is 0 Å². The van der Waals surface area contributed by atoms with Crippen molar-refractivity contribution in [2.75, 3.05) is 7.05 Å². The Kier molecular flexibility index (Phi) is 2.37. The third kappa shape index (κ3) is 1.45. The molecule has 2 heterocycles. The Labute approximate surface area is 87.1 Å². The van der Waals surface area contributed by atoms with E-state index in [0.29, 0.717) is 5.56 Å². The number of nitrogens with zero attached hydrogens (tertiary/aromatic N) is 3. The Hall–Kier alpha value is -1.91. The Bertz CT molecular complexity index is 503. The summed E-state index contributed by atoms with van der Waals surface area (Å²) in [7, 11) is 1.60. The molecular formula is C10H12N4O. The zero-order valence-corrected chi connectivity index (χ0v) is 8.69. The second kappa shape index (κ2) is 3.68. The Morgan fingerprint density at radius 2 is 2.33 bits per heavy atom. The van der Waals surface area contributed by atoms with Crippen molar-refractivity contribution < 1.29 is 4.79 Å². The minimum Gasteiger partial charge on any atom is -0.355 e. The van der Waals surface area contributed by atoms with Crippen molar-refractivity contribution in [3.05, 3.63) is 24.3 Å². The van der Waals surface area contributed by atoms with Crippen molar-refractivity contribution >= 4 is 16.9 Å². The van der Waals surface area contributed by atoms with Gasteiger partial charge in [0.1, 0.15) is 5.52 Å². The van der Waals surface area contributed by atoms with Crippen molar-refractivity contribution in [2.24, 2.45) is 0 Å². The molecule has 2 aromatic heterocycles. The van der Waals surface area contributed by atoms with Gasteiger partial charge in [-0.3, -0.25) is 9.78 Å². The number of aryl methyl sites for hydroxylation is 1. The van der Waals surface area contributed by atoms with Crippen LogP contribution in [0, 0.1) is 0 Å². The van der Waals surface area contributed by atoms with Gasteiger partial charge in [0.2, 0.25) is 0 Å². The quantitative estimate of drug-likeness (QED) is 0.787. The highest BCUT2D eigenvalue weighted by Crippen LogP contribution is 2.16. The summed E-state index contributed by atoms with van der Waals surface area (Å²) >= 11 is 0. The lowest BCUT2D eigenvalue weighted by Gasteiger charge is -2.04. The zero-order chi connectivity index (χ0) is 10.8. The molecule has 0 fully saturated rings. The highest BCUT2D eigenvalue weighted by Gasteiger charge is 2.12. The molecule has 0 bridgehead atoms. The van der Waals surface area contributed by atoms with Gasteiger partial charge in [-0.25, -0.2) is 4.98 Å². The van der Waals surface area contributed by atoms with Gasteiger partial charge >= 0.3 is 0 Å². The second-order valence-corrected chi connectivity index (χ2v) is 3.16. The molecule has 5 heteroatoms. The first-order chi connectivity index (χ1) is 7.27. The van der Waals surface area contributed by atoms with Crippen LogP contribution in [0.25, 0.3) is 11.0 Å². The summed E-state index contributed by atoms with van der Waals surface area (Å²) in [6.07, 6.45) is 4.95. The Morgan fingerprint density at radius 3 is 3.00 bits per heavy atom. The summed E-state index contributed by atoms with van der Waals surface area (Å²) < 4.78 is 1.93. The summed E-state index contributed by atoms with van der Waals surface area (Å²) in [4.78, 5) is 19.8. The molecule has 0 atom stereocenters. The van der Waals surface area contributed by atoms with Crippen molar-refractivity contribution in [2.45, 2.75) is 13.5 Å². The first kappa shape index (κ1) is 9.64. The first-order valence-corrected chi connectivity index (χ1v) is 4.78. The highest BCUT2D eigenvalue weighted by molar-refractivity contribution is 6.04. The summed E-state index contributed by atoms with van der Waals surface area (Å²) in [5.74, 6) is -0.136. The molecular weight excluding hydrogens is 192 g/mol. The third-order valence-corrected chi connectivity index (χ3v) is 2.33. The van der Waals surface area contributed by atoms with Crippen LogP contribution in [0.15, 0.2) is 18.7 Å². The van der Waals surface area contributed by atoms with Crippen LogP contribution in [0.1, 0.15) is 17.3 Å². The van der Waals surface area contributed by atoms with E-state index in [-0.39, 0.29) is 5.91 Å². The number of pyridine rings is 1. The predicted molar refractivity (Wildman–Crippen MR) is 56.6 cm³/mol. The molecule has 15 heavy (non-hydrogen) atoms. The van der Waals surface area contributed by atoms with Gasteiger partial charge in [-0.05, 0) is 6.92 Å². The smallest absolute Gasteiger partial charge is 0.254 e. The molecule has 0 saturated heterocycles. The second-order valence-electron chi connectivity index (χ2n) is 3.16. The van der Waals surface area contributed by atoms with Gasteiger partial charge in [0.05, 0.1) is 23.6 Å². The van der Waals surface area contributed by atoms with Crippen LogP contribution in [0.2, 0.25) is 0 Å². The van der Waals surface area contributed by atoms with Gasteiger partial charge in [0, 0.05) is 19.8 Å². The fraction of sp³-hybridized carbons (Fsp3) is 0.300. The first-order valence-electron chi connectivity index (χ1n) is 4.78. The van der Waals surface area contributed by atoms with E-state index in [1.165, 1.54) is 0 Å². The van der Waals surface area contributed by atoms with E-state index in [9.17, 15) is 4.79 Å². The standard InChI is InChI=1S/C10H12N4O/c1-3-14-6-13-8-5-12-4-7(9(8)14)10(15)11-2/h4-6H,3H2,1-2H3,(H,11,15). The molecule has 0 aromatic carbocycles. The van der Waals surface area contributed by atoms with Crippen LogP contribution in [-0.2, 0) is 6.54 Å². The molecule has 0 aliphatic carbocycles. The van der Waals surface area contributed by atoms with Crippen molar-refractivity contribution in [1.29, 1.82) is 0 Å². The van der Waals surface area contributed by atoms with Crippen LogP contribution in [0.4, 0.5) is 0 Å². The molecule has 2 rings (SSSR count). The molecule has 0 radical (unpaired) electrons. The van der Waals surface area contributed by atoms with E-state index in [2.05, 4.69) is 15.3 Å². The van der Waals surface area contributed by atoms with Crippen LogP contribution in [0.5, 0.6) is 0 Å². The number of imidazole rings is 1. The van der Waals surface area contributed by atoms with Crippen LogP contribution in [-0.4, -0.2) is 27.5 Å². The molecule has 78 valence electrons. The highest BCUT2D eigenvalue weighted by atomic mass is 16.1. The van der Waals surface area contributed by atoms with Gasteiger partial charge in [0.25, 0.3) is 5.91 Å². The van der Waals surface area contributed by atoms with Crippen molar-refractivity contribution in [3.63, 3.8) is 0 Å². The van der Waals surface area contributed by atoms with E-state index in [0.717, 1.165) is 17.6 Å². The topological polar surface area (TPSA) is 59.8 Å². The maximum absolute atomic E-state index is 11.6. The number of fused-ring (bicyclic) bond motifs is 1. The number of amides is 1. The van der Waals surface area contributed by atoms with Gasteiger partial charge in [-0.2, -0.15) is 0 Å². The predicted octanol–water partition coefficient (Wildman–Crippen LogP) is 0.811. The lowest BCUT2D eigenvalue weighted by atomic mass is 10.2. The number of rotatable bonds is 2. The summed E-state index contributed by atoms with van der Waals surface area (Å²) in [5, 5.41) is 2.59. The van der Waals surface area contributed by atoms with Gasteiger partial charge < -0.3 is 9.88 Å². The Balaban J connectivity index is 2.72.